The average Bonchev–Trinajstić information content (AvgIpc) is 2.65. The molecule has 27 heavy (non-hydrogen) atoms. The van der Waals surface area contributed by atoms with Crippen LogP contribution in [0.3, 0.4) is 0 Å². The molecule has 1 rings (SSSR count). The summed E-state index contributed by atoms with van der Waals surface area (Å²) in [6, 6.07) is 7.95. The third-order valence-corrected chi connectivity index (χ3v) is 5.17. The molecule has 0 saturated carbocycles. The number of carboxylic acids is 1. The summed E-state index contributed by atoms with van der Waals surface area (Å²) in [5.74, 6) is -1.80. The predicted octanol–water partition coefficient (Wildman–Crippen LogP) is 2.37. The predicted molar refractivity (Wildman–Crippen MR) is 105 cm³/mol. The van der Waals surface area contributed by atoms with Crippen molar-refractivity contribution in [1.29, 1.82) is 0 Å². The summed E-state index contributed by atoms with van der Waals surface area (Å²) in [6.45, 7) is 5.70. The summed E-state index contributed by atoms with van der Waals surface area (Å²) in [4.78, 5) is 38.3. The fourth-order valence-corrected chi connectivity index (χ4v) is 3.24. The molecule has 0 aliphatic rings. The van der Waals surface area contributed by atoms with Crippen molar-refractivity contribution in [3.8, 4) is 0 Å². The van der Waals surface area contributed by atoms with Crippen LogP contribution in [0.1, 0.15) is 39.2 Å². The molecule has 0 aliphatic heterocycles. The van der Waals surface area contributed by atoms with Gasteiger partial charge in [0.2, 0.25) is 5.91 Å². The van der Waals surface area contributed by atoms with Crippen LogP contribution >= 0.6 is 0 Å². The van der Waals surface area contributed by atoms with E-state index in [4.69, 9.17) is 0 Å². The summed E-state index contributed by atoms with van der Waals surface area (Å²) in [7, 11) is 3.24. The molecule has 6 heteroatoms. The zero-order valence-corrected chi connectivity index (χ0v) is 16.9. The van der Waals surface area contributed by atoms with Gasteiger partial charge in [0.05, 0.1) is 6.04 Å². The Kier molecular flexibility index (Phi) is 9.15. The maximum Gasteiger partial charge on any atom is 0.326 e. The van der Waals surface area contributed by atoms with Crippen molar-refractivity contribution in [2.24, 2.45) is 11.8 Å². The number of carbonyl (C=O) groups is 3. The monoisotopic (exact) mass is 376 g/mol. The molecule has 1 aromatic rings. The number of nitrogens with zero attached hydrogens (tertiary/aromatic N) is 1. The van der Waals surface area contributed by atoms with Crippen molar-refractivity contribution in [3.05, 3.63) is 35.9 Å². The van der Waals surface area contributed by atoms with Crippen LogP contribution in [0, 0.1) is 11.8 Å². The first-order chi connectivity index (χ1) is 12.7. The minimum absolute atomic E-state index is 0.0176. The molecule has 1 aromatic carbocycles. The summed E-state index contributed by atoms with van der Waals surface area (Å²) in [5, 5.41) is 12.6. The van der Waals surface area contributed by atoms with Crippen LogP contribution in [0.2, 0.25) is 0 Å². The molecular weight excluding hydrogens is 344 g/mol. The molecule has 0 bridgehead atoms. The molecule has 6 nitrogen and oxygen atoms in total. The largest absolute Gasteiger partial charge is 0.480 e. The molecule has 150 valence electrons. The number of amides is 1. The van der Waals surface area contributed by atoms with Gasteiger partial charge in [-0.2, -0.15) is 0 Å². The maximum atomic E-state index is 12.8. The minimum atomic E-state index is -1.05. The van der Waals surface area contributed by atoms with Gasteiger partial charge in [-0.15, -0.1) is 0 Å². The highest BCUT2D eigenvalue weighted by Gasteiger charge is 2.32. The first kappa shape index (κ1) is 22.8. The zero-order valence-electron chi connectivity index (χ0n) is 16.9. The number of aliphatic carboxylic acids is 1. The topological polar surface area (TPSA) is 86.7 Å². The number of hydrogen-bond acceptors (Lipinski definition) is 4. The number of ketones is 1. The van der Waals surface area contributed by atoms with Gasteiger partial charge in [0.25, 0.3) is 0 Å². The number of carbonyl (C=O) groups excluding carboxylic acids is 2. The standard InChI is InChI=1S/C21H32N2O4/c1-6-14(2)19(22-4)18(24)12-15(3)20(25)23(5)17(21(26)27)13-16-10-8-7-9-11-16/h7-11,14-15,17,19,22H,6,12-13H2,1-5H3,(H,26,27)/t14-,15+,17-,19-/m0/s1. The lowest BCUT2D eigenvalue weighted by Gasteiger charge is -2.28. The van der Waals surface area contributed by atoms with Crippen LogP contribution in [0.5, 0.6) is 0 Å². The van der Waals surface area contributed by atoms with Gasteiger partial charge in [0, 0.05) is 25.8 Å². The second kappa shape index (κ2) is 10.8. The summed E-state index contributed by atoms with van der Waals surface area (Å²) < 4.78 is 0. The molecule has 2 N–H and O–H groups in total. The third kappa shape index (κ3) is 6.47. The van der Waals surface area contributed by atoms with Gasteiger partial charge in [-0.3, -0.25) is 9.59 Å². The highest BCUT2D eigenvalue weighted by molar-refractivity contribution is 5.91. The smallest absolute Gasteiger partial charge is 0.326 e. The normalized spacial score (nSPS) is 15.4. The number of Topliss-reactive ketones (excluding diaryl/α,β-unsaturated/α-hetero) is 1. The van der Waals surface area contributed by atoms with E-state index in [9.17, 15) is 19.5 Å². The molecule has 0 aliphatic carbocycles. The number of carboxylic acid groups (broad SMARTS) is 1. The van der Waals surface area contributed by atoms with Gasteiger partial charge < -0.3 is 15.3 Å². The van der Waals surface area contributed by atoms with Crippen LogP contribution < -0.4 is 5.32 Å². The Bertz CT molecular complexity index is 632. The molecule has 0 radical (unpaired) electrons. The van der Waals surface area contributed by atoms with E-state index in [1.54, 1.807) is 14.0 Å². The van der Waals surface area contributed by atoms with E-state index < -0.39 is 17.9 Å². The number of hydrogen-bond donors (Lipinski definition) is 2. The lowest BCUT2D eigenvalue weighted by molar-refractivity contribution is -0.150. The van der Waals surface area contributed by atoms with Crippen LogP contribution in [-0.4, -0.2) is 53.8 Å². The fourth-order valence-electron chi connectivity index (χ4n) is 3.24. The number of likely N-dealkylation sites (N-methyl/N-ethyl adjacent to an activating group) is 2. The van der Waals surface area contributed by atoms with Gasteiger partial charge >= 0.3 is 5.97 Å². The third-order valence-electron chi connectivity index (χ3n) is 5.17. The maximum absolute atomic E-state index is 12.8. The molecule has 1 amide bonds. The van der Waals surface area contributed by atoms with Gasteiger partial charge in [-0.25, -0.2) is 4.79 Å². The molecule has 0 spiro atoms. The Labute approximate surface area is 161 Å². The van der Waals surface area contributed by atoms with Crippen molar-refractivity contribution in [2.45, 2.75) is 52.1 Å². The van der Waals surface area contributed by atoms with E-state index in [-0.39, 0.29) is 36.5 Å². The Morgan fingerprint density at radius 2 is 1.74 bits per heavy atom. The molecule has 0 aromatic heterocycles. The van der Waals surface area contributed by atoms with Crippen LogP contribution in [0.15, 0.2) is 30.3 Å². The van der Waals surface area contributed by atoms with E-state index in [2.05, 4.69) is 5.32 Å². The fraction of sp³-hybridized carbons (Fsp3) is 0.571. The Hall–Kier alpha value is -2.21. The minimum Gasteiger partial charge on any atom is -0.480 e. The van der Waals surface area contributed by atoms with Gasteiger partial charge in [0.1, 0.15) is 6.04 Å². The van der Waals surface area contributed by atoms with Crippen molar-refractivity contribution in [3.63, 3.8) is 0 Å². The summed E-state index contributed by atoms with van der Waals surface area (Å²) in [6.07, 6.45) is 1.18. The van der Waals surface area contributed by atoms with E-state index in [1.165, 1.54) is 11.9 Å². The molecule has 0 fully saturated rings. The number of benzene rings is 1. The van der Waals surface area contributed by atoms with Gasteiger partial charge in [-0.1, -0.05) is 57.5 Å². The quantitative estimate of drug-likeness (QED) is 0.619. The first-order valence-corrected chi connectivity index (χ1v) is 9.46. The van der Waals surface area contributed by atoms with E-state index >= 15 is 0 Å². The lowest BCUT2D eigenvalue weighted by Crippen LogP contribution is -2.47. The highest BCUT2D eigenvalue weighted by Crippen LogP contribution is 2.17. The lowest BCUT2D eigenvalue weighted by atomic mass is 9.90. The second-order valence-corrected chi connectivity index (χ2v) is 7.22. The van der Waals surface area contributed by atoms with E-state index in [0.29, 0.717) is 0 Å². The Morgan fingerprint density at radius 1 is 1.15 bits per heavy atom. The highest BCUT2D eigenvalue weighted by atomic mass is 16.4. The van der Waals surface area contributed by atoms with Crippen LogP contribution in [0.4, 0.5) is 0 Å². The Balaban J connectivity index is 2.81. The second-order valence-electron chi connectivity index (χ2n) is 7.22. The van der Waals surface area contributed by atoms with Crippen molar-refractivity contribution in [1.82, 2.24) is 10.2 Å². The zero-order chi connectivity index (χ0) is 20.6. The molecular formula is C21H32N2O4. The van der Waals surface area contributed by atoms with Crippen LogP contribution in [-0.2, 0) is 20.8 Å². The Morgan fingerprint density at radius 3 is 2.22 bits per heavy atom. The molecule has 0 heterocycles. The SMILES string of the molecule is CC[C@H](C)[C@H](NC)C(=O)C[C@@H](C)C(=O)N(C)[C@@H](Cc1ccccc1)C(=O)O. The average molecular weight is 376 g/mol. The molecule has 4 atom stereocenters. The number of nitrogens with one attached hydrogen (secondary N) is 1. The summed E-state index contributed by atoms with van der Waals surface area (Å²) in [5.41, 5.74) is 0.847. The number of rotatable bonds is 11. The van der Waals surface area contributed by atoms with Crippen molar-refractivity contribution < 1.29 is 19.5 Å². The van der Waals surface area contributed by atoms with E-state index in [0.717, 1.165) is 12.0 Å². The van der Waals surface area contributed by atoms with E-state index in [1.807, 2.05) is 44.2 Å². The van der Waals surface area contributed by atoms with Crippen molar-refractivity contribution in [2.75, 3.05) is 14.1 Å². The molecule has 0 saturated heterocycles. The molecule has 0 unspecified atom stereocenters. The van der Waals surface area contributed by atoms with Gasteiger partial charge in [-0.05, 0) is 18.5 Å². The van der Waals surface area contributed by atoms with Crippen molar-refractivity contribution >= 4 is 17.7 Å². The first-order valence-electron chi connectivity index (χ1n) is 9.46. The van der Waals surface area contributed by atoms with Crippen LogP contribution in [0.25, 0.3) is 0 Å². The summed E-state index contributed by atoms with van der Waals surface area (Å²) >= 11 is 0. The van der Waals surface area contributed by atoms with Gasteiger partial charge in [0.15, 0.2) is 5.78 Å².